The van der Waals surface area contributed by atoms with Crippen LogP contribution in [0.15, 0.2) is 0 Å². The summed E-state index contributed by atoms with van der Waals surface area (Å²) in [5.74, 6) is 0. The highest BCUT2D eigenvalue weighted by Crippen LogP contribution is 2.19. The summed E-state index contributed by atoms with van der Waals surface area (Å²) in [6.45, 7) is 0.114. The predicted octanol–water partition coefficient (Wildman–Crippen LogP) is 1.15. The zero-order chi connectivity index (χ0) is 10.6. The third-order valence-corrected chi connectivity index (χ3v) is 1.39. The molecule has 0 saturated carbocycles. The molecule has 7 heteroatoms. The standard InChI is InChI=1S/C6H10F5NO/c1-3(5(7)8)12-2-4(13)6(9,10)11/h3-5,12-13H,2H2,1H3. The molecule has 13 heavy (non-hydrogen) atoms. The topological polar surface area (TPSA) is 32.3 Å². The Kier molecular flexibility index (Phi) is 4.55. The van der Waals surface area contributed by atoms with Gasteiger partial charge < -0.3 is 10.4 Å². The maximum Gasteiger partial charge on any atom is 0.415 e. The lowest BCUT2D eigenvalue weighted by atomic mass is 10.3. The number of aliphatic hydroxyl groups excluding tert-OH is 1. The minimum atomic E-state index is -4.77. The first-order valence-corrected chi connectivity index (χ1v) is 3.51. The summed E-state index contributed by atoms with van der Waals surface area (Å²) in [7, 11) is 0. The minimum Gasteiger partial charge on any atom is -0.382 e. The lowest BCUT2D eigenvalue weighted by Gasteiger charge is -2.18. The molecule has 2 unspecified atom stereocenters. The van der Waals surface area contributed by atoms with Gasteiger partial charge in [0, 0.05) is 6.54 Å². The van der Waals surface area contributed by atoms with Crippen LogP contribution in [0, 0.1) is 0 Å². The lowest BCUT2D eigenvalue weighted by Crippen LogP contribution is -2.43. The van der Waals surface area contributed by atoms with Crippen molar-refractivity contribution in [3.8, 4) is 0 Å². The van der Waals surface area contributed by atoms with E-state index < -0.39 is 31.3 Å². The number of hydrogen-bond donors (Lipinski definition) is 2. The largest absolute Gasteiger partial charge is 0.415 e. The van der Waals surface area contributed by atoms with E-state index in [0.29, 0.717) is 0 Å². The van der Waals surface area contributed by atoms with Crippen LogP contribution in [-0.4, -0.2) is 36.4 Å². The van der Waals surface area contributed by atoms with Gasteiger partial charge in [0.15, 0.2) is 6.10 Å². The average molecular weight is 207 g/mol. The maximum atomic E-state index is 11.7. The van der Waals surface area contributed by atoms with E-state index in [1.54, 1.807) is 0 Å². The summed E-state index contributed by atoms with van der Waals surface area (Å²) in [6, 6.07) is -1.36. The smallest absolute Gasteiger partial charge is 0.382 e. The number of halogens is 5. The molecule has 0 aliphatic carbocycles. The van der Waals surface area contributed by atoms with Crippen LogP contribution in [-0.2, 0) is 0 Å². The Balaban J connectivity index is 3.77. The zero-order valence-electron chi connectivity index (χ0n) is 6.78. The second-order valence-electron chi connectivity index (χ2n) is 2.59. The Morgan fingerprint density at radius 3 is 2.08 bits per heavy atom. The van der Waals surface area contributed by atoms with Crippen molar-refractivity contribution in [1.29, 1.82) is 0 Å². The van der Waals surface area contributed by atoms with Crippen LogP contribution in [0.2, 0.25) is 0 Å². The molecule has 0 aromatic heterocycles. The molecule has 0 spiro atoms. The van der Waals surface area contributed by atoms with E-state index in [0.717, 1.165) is 6.92 Å². The van der Waals surface area contributed by atoms with Gasteiger partial charge in [-0.25, -0.2) is 8.78 Å². The number of aliphatic hydroxyl groups is 1. The molecule has 0 saturated heterocycles. The minimum absolute atomic E-state index is 0.922. The normalized spacial score (nSPS) is 17.5. The molecule has 0 amide bonds. The Labute approximate surface area is 71.7 Å². The summed E-state index contributed by atoms with van der Waals surface area (Å²) >= 11 is 0. The summed E-state index contributed by atoms with van der Waals surface area (Å²) in [4.78, 5) is 0. The van der Waals surface area contributed by atoms with E-state index in [1.807, 2.05) is 5.32 Å². The molecule has 0 aliphatic rings. The van der Waals surface area contributed by atoms with Gasteiger partial charge in [0.25, 0.3) is 6.43 Å². The number of hydrogen-bond acceptors (Lipinski definition) is 2. The van der Waals surface area contributed by atoms with Crippen molar-refractivity contribution in [2.75, 3.05) is 6.54 Å². The highest BCUT2D eigenvalue weighted by Gasteiger charge is 2.38. The van der Waals surface area contributed by atoms with Gasteiger partial charge in [-0.3, -0.25) is 0 Å². The van der Waals surface area contributed by atoms with E-state index in [4.69, 9.17) is 5.11 Å². The summed E-state index contributed by atoms with van der Waals surface area (Å²) in [6.07, 6.45) is -10.1. The summed E-state index contributed by atoms with van der Waals surface area (Å²) in [5.41, 5.74) is 0. The molecule has 0 aliphatic heterocycles. The molecular weight excluding hydrogens is 197 g/mol. The Bertz CT molecular complexity index is 148. The van der Waals surface area contributed by atoms with Crippen molar-refractivity contribution in [3.63, 3.8) is 0 Å². The quantitative estimate of drug-likeness (QED) is 0.678. The SMILES string of the molecule is CC(NCC(O)C(F)(F)F)C(F)F. The van der Waals surface area contributed by atoms with Gasteiger partial charge in [-0.2, -0.15) is 13.2 Å². The van der Waals surface area contributed by atoms with E-state index >= 15 is 0 Å². The summed E-state index contributed by atoms with van der Waals surface area (Å²) < 4.78 is 58.4. The molecule has 0 radical (unpaired) electrons. The highest BCUT2D eigenvalue weighted by atomic mass is 19.4. The van der Waals surface area contributed by atoms with Gasteiger partial charge in [-0.1, -0.05) is 0 Å². The first-order valence-electron chi connectivity index (χ1n) is 3.51. The molecule has 0 bridgehead atoms. The second-order valence-corrected chi connectivity index (χ2v) is 2.59. The predicted molar refractivity (Wildman–Crippen MR) is 35.5 cm³/mol. The molecule has 0 fully saturated rings. The molecule has 0 rings (SSSR count). The molecule has 2 N–H and O–H groups in total. The van der Waals surface area contributed by atoms with Crippen LogP contribution in [0.25, 0.3) is 0 Å². The third-order valence-electron chi connectivity index (χ3n) is 1.39. The third kappa shape index (κ3) is 4.99. The molecule has 2 nitrogen and oxygen atoms in total. The molecular formula is C6H10F5NO. The fourth-order valence-electron chi connectivity index (χ4n) is 0.502. The molecule has 0 aromatic carbocycles. The maximum absolute atomic E-state index is 11.7. The van der Waals surface area contributed by atoms with Crippen molar-refractivity contribution in [2.45, 2.75) is 31.7 Å². The van der Waals surface area contributed by atoms with Crippen LogP contribution in [0.5, 0.6) is 0 Å². The fourth-order valence-corrected chi connectivity index (χ4v) is 0.502. The number of rotatable bonds is 4. The lowest BCUT2D eigenvalue weighted by molar-refractivity contribution is -0.202. The summed E-state index contributed by atoms with van der Waals surface area (Å²) in [5, 5.41) is 10.3. The van der Waals surface area contributed by atoms with Gasteiger partial charge in [-0.05, 0) is 6.92 Å². The van der Waals surface area contributed by atoms with Crippen molar-refractivity contribution in [3.05, 3.63) is 0 Å². The van der Waals surface area contributed by atoms with E-state index in [-0.39, 0.29) is 0 Å². The Morgan fingerprint density at radius 1 is 1.31 bits per heavy atom. The van der Waals surface area contributed by atoms with Crippen molar-refractivity contribution in [2.24, 2.45) is 0 Å². The first-order chi connectivity index (χ1) is 5.75. The second kappa shape index (κ2) is 4.71. The van der Waals surface area contributed by atoms with Crippen molar-refractivity contribution in [1.82, 2.24) is 5.32 Å². The van der Waals surface area contributed by atoms with Gasteiger partial charge in [0.05, 0.1) is 6.04 Å². The van der Waals surface area contributed by atoms with Crippen LogP contribution < -0.4 is 5.32 Å². The van der Waals surface area contributed by atoms with Crippen LogP contribution >= 0.6 is 0 Å². The Morgan fingerprint density at radius 2 is 1.77 bits per heavy atom. The van der Waals surface area contributed by atoms with E-state index in [1.165, 1.54) is 0 Å². The van der Waals surface area contributed by atoms with E-state index in [2.05, 4.69) is 0 Å². The van der Waals surface area contributed by atoms with Crippen LogP contribution in [0.1, 0.15) is 6.92 Å². The van der Waals surface area contributed by atoms with Gasteiger partial charge in [0.1, 0.15) is 0 Å². The monoisotopic (exact) mass is 207 g/mol. The van der Waals surface area contributed by atoms with E-state index in [9.17, 15) is 22.0 Å². The van der Waals surface area contributed by atoms with Crippen LogP contribution in [0.3, 0.4) is 0 Å². The van der Waals surface area contributed by atoms with Crippen LogP contribution in [0.4, 0.5) is 22.0 Å². The number of nitrogens with one attached hydrogen (secondary N) is 1. The van der Waals surface area contributed by atoms with Crippen molar-refractivity contribution < 1.29 is 27.1 Å². The zero-order valence-corrected chi connectivity index (χ0v) is 6.78. The van der Waals surface area contributed by atoms with Gasteiger partial charge >= 0.3 is 6.18 Å². The fraction of sp³-hybridized carbons (Fsp3) is 1.00. The molecule has 0 heterocycles. The van der Waals surface area contributed by atoms with Gasteiger partial charge in [-0.15, -0.1) is 0 Å². The molecule has 2 atom stereocenters. The number of alkyl halides is 5. The highest BCUT2D eigenvalue weighted by molar-refractivity contribution is 4.71. The average Bonchev–Trinajstić information content (AvgIpc) is 1.97. The Hall–Kier alpha value is -0.430. The molecule has 80 valence electrons. The van der Waals surface area contributed by atoms with Gasteiger partial charge in [0.2, 0.25) is 0 Å². The molecule has 0 aromatic rings. The van der Waals surface area contributed by atoms with Crippen molar-refractivity contribution >= 4 is 0 Å². The first kappa shape index (κ1) is 12.6.